The largest absolute Gasteiger partial charge is 0.449 e. The van der Waals surface area contributed by atoms with Crippen LogP contribution in [0.1, 0.15) is 72.1 Å². The Hall–Kier alpha value is -1.03. The van der Waals surface area contributed by atoms with Gasteiger partial charge in [0, 0.05) is 7.05 Å². The van der Waals surface area contributed by atoms with E-state index >= 15 is 0 Å². The van der Waals surface area contributed by atoms with E-state index in [4.69, 9.17) is 4.74 Å². The van der Waals surface area contributed by atoms with E-state index in [1.54, 1.807) is 12.6 Å². The molecular formula is C24H39NO3. The summed E-state index contributed by atoms with van der Waals surface area (Å²) in [6.45, 7) is 7.83. The van der Waals surface area contributed by atoms with Crippen molar-refractivity contribution in [3.8, 4) is 0 Å². The third-order valence-electron chi connectivity index (χ3n) is 9.52. The number of alkyl carbamates (subject to hydrolysis) is 1. The minimum atomic E-state index is -0.312. The Morgan fingerprint density at radius 2 is 2.04 bits per heavy atom. The van der Waals surface area contributed by atoms with Crippen LogP contribution in [-0.4, -0.2) is 31.0 Å². The van der Waals surface area contributed by atoms with Crippen molar-refractivity contribution < 1.29 is 14.6 Å². The molecule has 4 aliphatic rings. The number of hydrogen-bond donors (Lipinski definition) is 2. The minimum Gasteiger partial charge on any atom is -0.449 e. The molecule has 4 aliphatic carbocycles. The molecule has 3 saturated carbocycles. The molecule has 0 aromatic rings. The maximum absolute atomic E-state index is 11.5. The molecule has 1 unspecified atom stereocenters. The average molecular weight is 390 g/mol. The van der Waals surface area contributed by atoms with Crippen molar-refractivity contribution in [2.24, 2.45) is 40.4 Å². The smallest absolute Gasteiger partial charge is 0.406 e. The standard InChI is InChI=1S/C24H39NO3/c1-15(14-28-22(27)25-4)19-7-8-20-18-6-5-16-13-17(26)9-11-23(16,2)21(18)10-12-24(19,20)3/h5,15,17-21,26H,6-14H2,1-4H3,(H,25,27)/t15?,17-,18-,19+,20-,21-,23-,24+/m0/s1. The third kappa shape index (κ3) is 3.11. The second-order valence-corrected chi connectivity index (χ2v) is 10.7. The van der Waals surface area contributed by atoms with Crippen LogP contribution in [-0.2, 0) is 4.74 Å². The molecule has 0 aromatic carbocycles. The average Bonchev–Trinajstić information content (AvgIpc) is 3.03. The van der Waals surface area contributed by atoms with Crippen LogP contribution in [0.2, 0.25) is 0 Å². The minimum absolute atomic E-state index is 0.123. The highest BCUT2D eigenvalue weighted by molar-refractivity contribution is 5.66. The zero-order chi connectivity index (χ0) is 20.1. The van der Waals surface area contributed by atoms with Crippen molar-refractivity contribution in [1.82, 2.24) is 5.32 Å². The summed E-state index contributed by atoms with van der Waals surface area (Å²) in [5.41, 5.74) is 2.25. The van der Waals surface area contributed by atoms with Gasteiger partial charge in [-0.2, -0.15) is 0 Å². The summed E-state index contributed by atoms with van der Waals surface area (Å²) < 4.78 is 5.41. The molecule has 4 heteroatoms. The number of aliphatic hydroxyl groups excluding tert-OH is 1. The maximum atomic E-state index is 11.5. The Labute approximate surface area is 170 Å². The number of carbonyl (C=O) groups excluding carboxylic acids is 1. The zero-order valence-corrected chi connectivity index (χ0v) is 18.2. The summed E-state index contributed by atoms with van der Waals surface area (Å²) in [4.78, 5) is 11.5. The van der Waals surface area contributed by atoms with Gasteiger partial charge < -0.3 is 15.2 Å². The summed E-state index contributed by atoms with van der Waals surface area (Å²) >= 11 is 0. The van der Waals surface area contributed by atoms with E-state index < -0.39 is 0 Å². The molecule has 0 aromatic heterocycles. The van der Waals surface area contributed by atoms with Crippen LogP contribution in [0.25, 0.3) is 0 Å². The summed E-state index contributed by atoms with van der Waals surface area (Å²) in [7, 11) is 1.62. The summed E-state index contributed by atoms with van der Waals surface area (Å²) in [6.07, 6.45) is 11.5. The zero-order valence-electron chi connectivity index (χ0n) is 18.2. The highest BCUT2D eigenvalue weighted by Gasteiger charge is 2.59. The molecule has 0 spiro atoms. The molecule has 4 nitrogen and oxygen atoms in total. The van der Waals surface area contributed by atoms with E-state index in [0.29, 0.717) is 29.3 Å². The monoisotopic (exact) mass is 389 g/mol. The quantitative estimate of drug-likeness (QED) is 0.674. The van der Waals surface area contributed by atoms with Crippen molar-refractivity contribution in [3.63, 3.8) is 0 Å². The molecule has 0 aliphatic heterocycles. The lowest BCUT2D eigenvalue weighted by Crippen LogP contribution is -2.51. The van der Waals surface area contributed by atoms with Crippen LogP contribution in [0, 0.1) is 40.4 Å². The second kappa shape index (κ2) is 7.34. The predicted octanol–water partition coefficient (Wildman–Crippen LogP) is 4.92. The van der Waals surface area contributed by atoms with E-state index in [1.807, 2.05) is 0 Å². The molecule has 1 amide bonds. The SMILES string of the molecule is CNC(=O)OCC(C)[C@H]1CC[C@H]2[C@@H]3CC=C4C[C@@H](O)CC[C@]4(C)[C@H]3CC[C@]12C. The first-order valence-electron chi connectivity index (χ1n) is 11.5. The molecule has 4 rings (SSSR count). The van der Waals surface area contributed by atoms with Gasteiger partial charge in [0.25, 0.3) is 0 Å². The molecule has 0 saturated heterocycles. The van der Waals surface area contributed by atoms with Gasteiger partial charge in [-0.25, -0.2) is 4.79 Å². The van der Waals surface area contributed by atoms with Crippen molar-refractivity contribution in [2.45, 2.75) is 78.2 Å². The second-order valence-electron chi connectivity index (χ2n) is 10.7. The number of ether oxygens (including phenoxy) is 1. The van der Waals surface area contributed by atoms with E-state index in [0.717, 1.165) is 37.0 Å². The van der Waals surface area contributed by atoms with Gasteiger partial charge in [0.1, 0.15) is 0 Å². The Bertz CT molecular complexity index is 646. The first kappa shape index (κ1) is 20.3. The third-order valence-corrected chi connectivity index (χ3v) is 9.52. The molecule has 8 atom stereocenters. The van der Waals surface area contributed by atoms with Gasteiger partial charge in [-0.05, 0) is 91.8 Å². The van der Waals surface area contributed by atoms with Crippen LogP contribution in [0.5, 0.6) is 0 Å². The van der Waals surface area contributed by atoms with Gasteiger partial charge in [-0.3, -0.25) is 0 Å². The number of allylic oxidation sites excluding steroid dienone is 1. The fraction of sp³-hybridized carbons (Fsp3) is 0.875. The van der Waals surface area contributed by atoms with Gasteiger partial charge in [-0.1, -0.05) is 32.4 Å². The molecule has 0 radical (unpaired) electrons. The maximum Gasteiger partial charge on any atom is 0.406 e. The van der Waals surface area contributed by atoms with Crippen molar-refractivity contribution >= 4 is 6.09 Å². The van der Waals surface area contributed by atoms with Crippen LogP contribution >= 0.6 is 0 Å². The Morgan fingerprint density at radius 1 is 1.25 bits per heavy atom. The van der Waals surface area contributed by atoms with Gasteiger partial charge in [0.2, 0.25) is 0 Å². The number of hydrogen-bond acceptors (Lipinski definition) is 3. The molecular weight excluding hydrogens is 350 g/mol. The highest BCUT2D eigenvalue weighted by Crippen LogP contribution is 2.67. The first-order chi connectivity index (χ1) is 13.3. The van der Waals surface area contributed by atoms with Gasteiger partial charge >= 0.3 is 6.09 Å². The number of amides is 1. The van der Waals surface area contributed by atoms with Gasteiger partial charge in [-0.15, -0.1) is 0 Å². The predicted molar refractivity (Wildman–Crippen MR) is 111 cm³/mol. The van der Waals surface area contributed by atoms with E-state index in [-0.39, 0.29) is 12.2 Å². The number of rotatable bonds is 3. The summed E-state index contributed by atoms with van der Waals surface area (Å²) in [6, 6.07) is 0. The normalized spacial score (nSPS) is 45.9. The Balaban J connectivity index is 1.51. The molecule has 0 heterocycles. The molecule has 0 bridgehead atoms. The number of carbonyl (C=O) groups is 1. The lowest BCUT2D eigenvalue weighted by molar-refractivity contribution is -0.0602. The van der Waals surface area contributed by atoms with Gasteiger partial charge in [0.15, 0.2) is 0 Å². The lowest BCUT2D eigenvalue weighted by atomic mass is 9.47. The molecule has 3 fully saturated rings. The van der Waals surface area contributed by atoms with Crippen molar-refractivity contribution in [2.75, 3.05) is 13.7 Å². The van der Waals surface area contributed by atoms with E-state index in [9.17, 15) is 9.90 Å². The summed E-state index contributed by atoms with van der Waals surface area (Å²) in [5, 5.41) is 12.7. The first-order valence-corrected chi connectivity index (χ1v) is 11.5. The Morgan fingerprint density at radius 3 is 2.79 bits per heavy atom. The van der Waals surface area contributed by atoms with Crippen LogP contribution in [0.4, 0.5) is 4.79 Å². The van der Waals surface area contributed by atoms with Crippen LogP contribution < -0.4 is 5.32 Å². The number of aliphatic hydroxyl groups is 1. The topological polar surface area (TPSA) is 58.6 Å². The fourth-order valence-corrected chi connectivity index (χ4v) is 8.01. The van der Waals surface area contributed by atoms with Crippen LogP contribution in [0.15, 0.2) is 11.6 Å². The fourth-order valence-electron chi connectivity index (χ4n) is 8.01. The van der Waals surface area contributed by atoms with Gasteiger partial charge in [0.05, 0.1) is 12.7 Å². The van der Waals surface area contributed by atoms with Crippen molar-refractivity contribution in [3.05, 3.63) is 11.6 Å². The van der Waals surface area contributed by atoms with Crippen molar-refractivity contribution in [1.29, 1.82) is 0 Å². The lowest BCUT2D eigenvalue weighted by Gasteiger charge is -2.58. The number of fused-ring (bicyclic) bond motifs is 5. The van der Waals surface area contributed by atoms with Crippen LogP contribution in [0.3, 0.4) is 0 Å². The van der Waals surface area contributed by atoms with E-state index in [2.05, 4.69) is 32.2 Å². The molecule has 28 heavy (non-hydrogen) atoms. The number of nitrogens with one attached hydrogen (secondary N) is 1. The van der Waals surface area contributed by atoms with E-state index in [1.165, 1.54) is 32.1 Å². The summed E-state index contributed by atoms with van der Waals surface area (Å²) in [5.74, 6) is 3.43. The highest BCUT2D eigenvalue weighted by atomic mass is 16.5. The Kier molecular flexibility index (Phi) is 5.31. The molecule has 158 valence electrons. The molecule has 2 N–H and O–H groups in total.